The molecule has 0 bridgehead atoms. The Bertz CT molecular complexity index is 333. The topological polar surface area (TPSA) is 20.2 Å². The van der Waals surface area contributed by atoms with E-state index in [0.29, 0.717) is 6.42 Å². The summed E-state index contributed by atoms with van der Waals surface area (Å²) >= 11 is 8.39. The van der Waals surface area contributed by atoms with E-state index in [4.69, 9.17) is 0 Å². The lowest BCUT2D eigenvalue weighted by molar-refractivity contribution is 0.177. The smallest absolute Gasteiger partial charge is 0.0846 e. The lowest BCUT2D eigenvalue weighted by Crippen LogP contribution is -1.97. The highest BCUT2D eigenvalue weighted by molar-refractivity contribution is 9.12. The van der Waals surface area contributed by atoms with Crippen molar-refractivity contribution in [1.82, 2.24) is 0 Å². The molecule has 1 nitrogen and oxygen atoms in total. The third-order valence-corrected chi connectivity index (χ3v) is 4.41. The minimum absolute atomic E-state index is 0.445. The van der Waals surface area contributed by atoms with Gasteiger partial charge < -0.3 is 5.11 Å². The molecule has 0 saturated heterocycles. The summed E-state index contributed by atoms with van der Waals surface area (Å²) in [7, 11) is 0. The van der Waals surface area contributed by atoms with Crippen LogP contribution in [-0.4, -0.2) is 5.11 Å². The molecule has 1 heterocycles. The molecule has 0 radical (unpaired) electrons. The van der Waals surface area contributed by atoms with Gasteiger partial charge in [-0.05, 0) is 50.8 Å². The minimum Gasteiger partial charge on any atom is -0.388 e. The zero-order chi connectivity index (χ0) is 10.7. The van der Waals surface area contributed by atoms with Gasteiger partial charge in [0.15, 0.2) is 0 Å². The van der Waals surface area contributed by atoms with Crippen molar-refractivity contribution in [3.63, 3.8) is 0 Å². The standard InChI is InChI=1S/C10H12Br2OS/c1-3-6(2)4-8(13)7-5-9(11)14-10(7)12/h5,8,13H,2-4H2,1H3. The second-order valence-corrected chi connectivity index (χ2v) is 6.85. The second kappa shape index (κ2) is 5.45. The van der Waals surface area contributed by atoms with Gasteiger partial charge in [0.1, 0.15) is 0 Å². The van der Waals surface area contributed by atoms with Crippen LogP contribution in [0.15, 0.2) is 25.8 Å². The monoisotopic (exact) mass is 338 g/mol. The summed E-state index contributed by atoms with van der Waals surface area (Å²) in [6.45, 7) is 5.94. The van der Waals surface area contributed by atoms with Crippen LogP contribution >= 0.6 is 43.2 Å². The van der Waals surface area contributed by atoms with Gasteiger partial charge in [-0.1, -0.05) is 19.1 Å². The average molecular weight is 340 g/mol. The SMILES string of the molecule is C=C(CC)CC(O)c1cc(Br)sc1Br. The van der Waals surface area contributed by atoms with Crippen molar-refractivity contribution in [2.75, 3.05) is 0 Å². The Kier molecular flexibility index (Phi) is 4.83. The van der Waals surface area contributed by atoms with Crippen LogP contribution in [0.5, 0.6) is 0 Å². The molecule has 1 aromatic heterocycles. The Labute approximate surface area is 105 Å². The van der Waals surface area contributed by atoms with Crippen LogP contribution in [0.2, 0.25) is 0 Å². The third-order valence-electron chi connectivity index (χ3n) is 2.02. The Hall–Kier alpha value is 0.360. The van der Waals surface area contributed by atoms with E-state index in [2.05, 4.69) is 38.4 Å². The van der Waals surface area contributed by atoms with Crippen molar-refractivity contribution in [2.24, 2.45) is 0 Å². The average Bonchev–Trinajstić information content (AvgIpc) is 2.45. The summed E-state index contributed by atoms with van der Waals surface area (Å²) in [5, 5.41) is 9.91. The minimum atomic E-state index is -0.445. The fourth-order valence-electron chi connectivity index (χ4n) is 1.11. The van der Waals surface area contributed by atoms with E-state index >= 15 is 0 Å². The molecule has 0 spiro atoms. The molecule has 1 atom stereocenters. The summed E-state index contributed by atoms with van der Waals surface area (Å²) in [6, 6.07) is 1.95. The van der Waals surface area contributed by atoms with Crippen LogP contribution in [0.4, 0.5) is 0 Å². The van der Waals surface area contributed by atoms with Gasteiger partial charge in [0.2, 0.25) is 0 Å². The highest BCUT2D eigenvalue weighted by Crippen LogP contribution is 2.37. The molecule has 1 unspecified atom stereocenters. The molecule has 0 aromatic carbocycles. The Morgan fingerprint density at radius 2 is 2.29 bits per heavy atom. The summed E-state index contributed by atoms with van der Waals surface area (Å²) in [5.74, 6) is 0. The number of hydrogen-bond donors (Lipinski definition) is 1. The summed E-state index contributed by atoms with van der Waals surface area (Å²) in [6.07, 6.45) is 1.11. The molecule has 1 rings (SSSR count). The van der Waals surface area contributed by atoms with Crippen LogP contribution in [-0.2, 0) is 0 Å². The van der Waals surface area contributed by atoms with Crippen LogP contribution in [0, 0.1) is 0 Å². The van der Waals surface area contributed by atoms with Crippen molar-refractivity contribution < 1.29 is 5.11 Å². The number of rotatable bonds is 4. The summed E-state index contributed by atoms with van der Waals surface area (Å²) in [5.41, 5.74) is 2.02. The molecule has 14 heavy (non-hydrogen) atoms. The van der Waals surface area contributed by atoms with Gasteiger partial charge in [-0.15, -0.1) is 11.3 Å². The molecule has 0 saturated carbocycles. The zero-order valence-electron chi connectivity index (χ0n) is 7.89. The lowest BCUT2D eigenvalue weighted by Gasteiger charge is -2.10. The van der Waals surface area contributed by atoms with Gasteiger partial charge in [0.05, 0.1) is 13.7 Å². The van der Waals surface area contributed by atoms with E-state index in [1.165, 1.54) is 0 Å². The fourth-order valence-corrected chi connectivity index (χ4v) is 4.06. The zero-order valence-corrected chi connectivity index (χ0v) is 11.9. The van der Waals surface area contributed by atoms with E-state index in [0.717, 1.165) is 25.1 Å². The first-order valence-corrected chi connectivity index (χ1v) is 6.74. The van der Waals surface area contributed by atoms with E-state index in [-0.39, 0.29) is 0 Å². The maximum Gasteiger partial charge on any atom is 0.0846 e. The lowest BCUT2D eigenvalue weighted by atomic mass is 10.0. The molecular weight excluding hydrogens is 328 g/mol. The predicted octanol–water partition coefficient (Wildman–Crippen LogP) is 4.66. The molecule has 0 aliphatic rings. The van der Waals surface area contributed by atoms with Crippen LogP contribution < -0.4 is 0 Å². The highest BCUT2D eigenvalue weighted by atomic mass is 79.9. The normalized spacial score (nSPS) is 12.9. The number of hydrogen-bond acceptors (Lipinski definition) is 2. The van der Waals surface area contributed by atoms with Crippen molar-refractivity contribution in [1.29, 1.82) is 0 Å². The van der Waals surface area contributed by atoms with E-state index < -0.39 is 6.10 Å². The summed E-state index contributed by atoms with van der Waals surface area (Å²) in [4.78, 5) is 0. The van der Waals surface area contributed by atoms with Crippen molar-refractivity contribution in [2.45, 2.75) is 25.9 Å². The van der Waals surface area contributed by atoms with E-state index in [1.54, 1.807) is 11.3 Å². The molecule has 0 amide bonds. The molecule has 1 aromatic rings. The Balaban J connectivity index is 2.73. The highest BCUT2D eigenvalue weighted by Gasteiger charge is 2.14. The van der Waals surface area contributed by atoms with E-state index in [9.17, 15) is 5.11 Å². The molecule has 0 aliphatic carbocycles. The predicted molar refractivity (Wildman–Crippen MR) is 68.7 cm³/mol. The van der Waals surface area contributed by atoms with Gasteiger partial charge >= 0.3 is 0 Å². The number of halogens is 2. The maximum absolute atomic E-state index is 9.91. The molecular formula is C10H12Br2OS. The van der Waals surface area contributed by atoms with Crippen LogP contribution in [0.3, 0.4) is 0 Å². The Morgan fingerprint density at radius 3 is 2.71 bits per heavy atom. The van der Waals surface area contributed by atoms with Crippen LogP contribution in [0.25, 0.3) is 0 Å². The Morgan fingerprint density at radius 1 is 1.64 bits per heavy atom. The molecule has 0 fully saturated rings. The second-order valence-electron chi connectivity index (χ2n) is 3.10. The summed E-state index contributed by atoms with van der Waals surface area (Å²) < 4.78 is 2.02. The fraction of sp³-hybridized carbons (Fsp3) is 0.400. The first-order chi connectivity index (χ1) is 6.54. The first kappa shape index (κ1) is 12.4. The third kappa shape index (κ3) is 3.19. The van der Waals surface area contributed by atoms with Gasteiger partial charge in [-0.3, -0.25) is 0 Å². The number of thiophene rings is 1. The van der Waals surface area contributed by atoms with Crippen LogP contribution in [0.1, 0.15) is 31.4 Å². The maximum atomic E-state index is 9.91. The van der Waals surface area contributed by atoms with Gasteiger partial charge in [-0.2, -0.15) is 0 Å². The van der Waals surface area contributed by atoms with Crippen molar-refractivity contribution >= 4 is 43.2 Å². The first-order valence-electron chi connectivity index (χ1n) is 4.34. The van der Waals surface area contributed by atoms with Gasteiger partial charge in [-0.25, -0.2) is 0 Å². The number of aliphatic hydroxyl groups excluding tert-OH is 1. The van der Waals surface area contributed by atoms with Crippen molar-refractivity contribution in [3.05, 3.63) is 31.4 Å². The molecule has 1 N–H and O–H groups in total. The van der Waals surface area contributed by atoms with Gasteiger partial charge in [0, 0.05) is 5.56 Å². The molecule has 4 heteroatoms. The quantitative estimate of drug-likeness (QED) is 0.791. The van der Waals surface area contributed by atoms with E-state index in [1.807, 2.05) is 13.0 Å². The van der Waals surface area contributed by atoms with Crippen molar-refractivity contribution in [3.8, 4) is 0 Å². The number of aliphatic hydroxyl groups is 1. The largest absolute Gasteiger partial charge is 0.388 e. The van der Waals surface area contributed by atoms with Gasteiger partial charge in [0.25, 0.3) is 0 Å². The molecule has 0 aliphatic heterocycles. The molecule has 78 valence electrons.